The molecule has 0 atom stereocenters. The van der Waals surface area contributed by atoms with Crippen molar-refractivity contribution in [2.24, 2.45) is 0 Å². The molecule has 0 aliphatic rings. The van der Waals surface area contributed by atoms with E-state index in [0.717, 1.165) is 18.2 Å². The number of aromatic nitrogens is 1. The number of alkyl halides is 3. The highest BCUT2D eigenvalue weighted by atomic mass is 19.4. The molecule has 0 bridgehead atoms. The van der Waals surface area contributed by atoms with E-state index in [0.29, 0.717) is 5.56 Å². The number of rotatable bonds is 3. The number of nitriles is 1. The molecule has 0 aliphatic heterocycles. The van der Waals surface area contributed by atoms with Crippen molar-refractivity contribution in [3.63, 3.8) is 0 Å². The van der Waals surface area contributed by atoms with Gasteiger partial charge in [-0.05, 0) is 23.8 Å². The molecule has 108 valence electrons. The maximum atomic E-state index is 13.2. The summed E-state index contributed by atoms with van der Waals surface area (Å²) in [6.07, 6.45) is -4.85. The third kappa shape index (κ3) is 3.92. The number of halogens is 4. The van der Waals surface area contributed by atoms with Gasteiger partial charge in [-0.2, -0.15) is 9.65 Å². The Balaban J connectivity index is 2.45. The topological polar surface area (TPSA) is 45.9 Å². The largest absolute Gasteiger partial charge is 0.573 e. The van der Waals surface area contributed by atoms with Crippen LogP contribution >= 0.6 is 0 Å². The molecular formula is C14H8F4N2O. The Morgan fingerprint density at radius 2 is 1.95 bits per heavy atom. The first-order chi connectivity index (χ1) is 9.89. The Bertz CT molecular complexity index is 692. The van der Waals surface area contributed by atoms with Crippen molar-refractivity contribution in [2.75, 3.05) is 0 Å². The Morgan fingerprint density at radius 3 is 2.62 bits per heavy atom. The minimum atomic E-state index is -4.82. The molecule has 0 radical (unpaired) electrons. The van der Waals surface area contributed by atoms with Gasteiger partial charge in [0.05, 0.1) is 18.2 Å². The summed E-state index contributed by atoms with van der Waals surface area (Å²) in [5, 5.41) is 8.72. The van der Waals surface area contributed by atoms with Gasteiger partial charge < -0.3 is 4.74 Å². The zero-order valence-corrected chi connectivity index (χ0v) is 10.5. The zero-order valence-electron chi connectivity index (χ0n) is 10.5. The molecule has 1 aromatic heterocycles. The SMILES string of the molecule is N#CCc1ccc(F)nc1-c1cccc(OC(F)(F)F)c1. The predicted molar refractivity (Wildman–Crippen MR) is 65.6 cm³/mol. The average molecular weight is 296 g/mol. The minimum Gasteiger partial charge on any atom is -0.406 e. The van der Waals surface area contributed by atoms with Crippen LogP contribution in [0.2, 0.25) is 0 Å². The third-order valence-electron chi connectivity index (χ3n) is 2.56. The number of nitrogens with zero attached hydrogens (tertiary/aromatic N) is 2. The first kappa shape index (κ1) is 14.8. The second kappa shape index (κ2) is 5.79. The van der Waals surface area contributed by atoms with Gasteiger partial charge in [-0.3, -0.25) is 0 Å². The Kier molecular flexibility index (Phi) is 4.08. The molecule has 0 saturated heterocycles. The average Bonchev–Trinajstić information content (AvgIpc) is 2.39. The standard InChI is InChI=1S/C14H8F4N2O/c15-12-5-4-9(6-7-19)13(20-12)10-2-1-3-11(8-10)21-14(16,17)18/h1-5,8H,6H2. The monoisotopic (exact) mass is 296 g/mol. The lowest BCUT2D eigenvalue weighted by Gasteiger charge is -2.11. The van der Waals surface area contributed by atoms with E-state index in [-0.39, 0.29) is 17.7 Å². The lowest BCUT2D eigenvalue weighted by atomic mass is 10.0. The molecule has 0 amide bonds. The van der Waals surface area contributed by atoms with Crippen LogP contribution in [0, 0.1) is 17.3 Å². The first-order valence-corrected chi connectivity index (χ1v) is 5.77. The first-order valence-electron chi connectivity index (χ1n) is 5.77. The normalized spacial score (nSPS) is 11.0. The minimum absolute atomic E-state index is 0.0348. The van der Waals surface area contributed by atoms with E-state index in [9.17, 15) is 17.6 Å². The number of hydrogen-bond acceptors (Lipinski definition) is 3. The summed E-state index contributed by atoms with van der Waals surface area (Å²) in [4.78, 5) is 3.64. The van der Waals surface area contributed by atoms with Crippen LogP contribution in [0.15, 0.2) is 36.4 Å². The molecule has 1 heterocycles. The van der Waals surface area contributed by atoms with Crippen LogP contribution < -0.4 is 4.74 Å². The maximum absolute atomic E-state index is 13.2. The summed E-state index contributed by atoms with van der Waals surface area (Å²) in [7, 11) is 0. The number of hydrogen-bond donors (Lipinski definition) is 0. The molecule has 0 saturated carbocycles. The highest BCUT2D eigenvalue weighted by molar-refractivity contribution is 5.65. The van der Waals surface area contributed by atoms with Crippen LogP contribution in [-0.2, 0) is 6.42 Å². The Morgan fingerprint density at radius 1 is 1.19 bits per heavy atom. The molecule has 0 fully saturated rings. The molecule has 0 aliphatic carbocycles. The van der Waals surface area contributed by atoms with Gasteiger partial charge in [0.2, 0.25) is 5.95 Å². The van der Waals surface area contributed by atoms with Crippen molar-refractivity contribution in [2.45, 2.75) is 12.8 Å². The number of pyridine rings is 1. The summed E-state index contributed by atoms with van der Waals surface area (Å²) >= 11 is 0. The van der Waals surface area contributed by atoms with E-state index in [1.54, 1.807) is 0 Å². The molecule has 21 heavy (non-hydrogen) atoms. The van der Waals surface area contributed by atoms with Gasteiger partial charge in [0.1, 0.15) is 5.75 Å². The van der Waals surface area contributed by atoms with Crippen LogP contribution in [0.1, 0.15) is 5.56 Å². The summed E-state index contributed by atoms with van der Waals surface area (Å²) < 4.78 is 53.6. The van der Waals surface area contributed by atoms with E-state index >= 15 is 0 Å². The Labute approximate surface area is 117 Å². The molecule has 7 heteroatoms. The smallest absolute Gasteiger partial charge is 0.406 e. The van der Waals surface area contributed by atoms with Crippen LogP contribution in [-0.4, -0.2) is 11.3 Å². The zero-order chi connectivity index (χ0) is 15.5. The van der Waals surface area contributed by atoms with Gasteiger partial charge in [-0.15, -0.1) is 13.2 Å². The number of ether oxygens (including phenoxy) is 1. The third-order valence-corrected chi connectivity index (χ3v) is 2.56. The van der Waals surface area contributed by atoms with E-state index in [4.69, 9.17) is 5.26 Å². The van der Waals surface area contributed by atoms with E-state index in [1.165, 1.54) is 18.2 Å². The van der Waals surface area contributed by atoms with Crippen LogP contribution in [0.25, 0.3) is 11.3 Å². The van der Waals surface area contributed by atoms with Crippen molar-refractivity contribution < 1.29 is 22.3 Å². The molecule has 0 N–H and O–H groups in total. The molecule has 2 aromatic rings. The van der Waals surface area contributed by atoms with Crippen LogP contribution in [0.4, 0.5) is 17.6 Å². The molecule has 3 nitrogen and oxygen atoms in total. The van der Waals surface area contributed by atoms with Crippen molar-refractivity contribution in [3.05, 3.63) is 47.9 Å². The van der Waals surface area contributed by atoms with E-state index in [2.05, 4.69) is 9.72 Å². The van der Waals surface area contributed by atoms with Gasteiger partial charge >= 0.3 is 6.36 Å². The van der Waals surface area contributed by atoms with Crippen molar-refractivity contribution in [1.82, 2.24) is 4.98 Å². The molecule has 0 spiro atoms. The number of benzene rings is 1. The van der Waals surface area contributed by atoms with Gasteiger partial charge in [0.25, 0.3) is 0 Å². The fourth-order valence-corrected chi connectivity index (χ4v) is 1.78. The molecule has 0 unspecified atom stereocenters. The summed E-state index contributed by atoms with van der Waals surface area (Å²) in [5.74, 6) is -1.22. The van der Waals surface area contributed by atoms with Crippen molar-refractivity contribution in [3.8, 4) is 23.1 Å². The Hall–Kier alpha value is -2.62. The van der Waals surface area contributed by atoms with E-state index < -0.39 is 18.1 Å². The molecule has 2 rings (SSSR count). The quantitative estimate of drug-likeness (QED) is 0.638. The van der Waals surface area contributed by atoms with Crippen LogP contribution in [0.5, 0.6) is 5.75 Å². The fraction of sp³-hybridized carbons (Fsp3) is 0.143. The van der Waals surface area contributed by atoms with E-state index in [1.807, 2.05) is 6.07 Å². The summed E-state index contributed by atoms with van der Waals surface area (Å²) in [6, 6.07) is 9.37. The van der Waals surface area contributed by atoms with Crippen molar-refractivity contribution in [1.29, 1.82) is 5.26 Å². The summed E-state index contributed by atoms with van der Waals surface area (Å²) in [6.45, 7) is 0. The highest BCUT2D eigenvalue weighted by Gasteiger charge is 2.31. The lowest BCUT2D eigenvalue weighted by molar-refractivity contribution is -0.274. The van der Waals surface area contributed by atoms with Gasteiger partial charge in [-0.25, -0.2) is 4.98 Å². The molecule has 1 aromatic carbocycles. The van der Waals surface area contributed by atoms with Gasteiger partial charge in [0, 0.05) is 5.56 Å². The lowest BCUT2D eigenvalue weighted by Crippen LogP contribution is -2.17. The van der Waals surface area contributed by atoms with Crippen molar-refractivity contribution >= 4 is 0 Å². The fourth-order valence-electron chi connectivity index (χ4n) is 1.78. The highest BCUT2D eigenvalue weighted by Crippen LogP contribution is 2.29. The second-order valence-electron chi connectivity index (χ2n) is 4.05. The van der Waals surface area contributed by atoms with Crippen LogP contribution in [0.3, 0.4) is 0 Å². The van der Waals surface area contributed by atoms with Gasteiger partial charge in [0.15, 0.2) is 0 Å². The molecular weight excluding hydrogens is 288 g/mol. The second-order valence-corrected chi connectivity index (χ2v) is 4.05. The van der Waals surface area contributed by atoms with Gasteiger partial charge in [-0.1, -0.05) is 18.2 Å². The maximum Gasteiger partial charge on any atom is 0.573 e. The summed E-state index contributed by atoms with van der Waals surface area (Å²) in [5.41, 5.74) is 0.772. The predicted octanol–water partition coefficient (Wildman–Crippen LogP) is 3.85.